The maximum Gasteiger partial charge on any atom is 0.199 e. The molecule has 0 aromatic carbocycles. The molecular weight excluding hydrogens is 156 g/mol. The average molecular weight is 170 g/mol. The second kappa shape index (κ2) is 2.55. The number of ether oxygens (including phenoxy) is 1. The van der Waals surface area contributed by atoms with Crippen molar-refractivity contribution >= 4 is 0 Å². The first-order chi connectivity index (χ1) is 5.61. The summed E-state index contributed by atoms with van der Waals surface area (Å²) in [5.41, 5.74) is 0.962. The Kier molecular flexibility index (Phi) is 1.75. The predicted octanol–water partition coefficient (Wildman–Crippen LogP) is 1.79. The Morgan fingerprint density at radius 3 is 3.00 bits per heavy atom. The van der Waals surface area contributed by atoms with Gasteiger partial charge in [0, 0.05) is 6.42 Å². The van der Waals surface area contributed by atoms with E-state index in [9.17, 15) is 0 Å². The van der Waals surface area contributed by atoms with Crippen molar-refractivity contribution in [1.29, 1.82) is 0 Å². The van der Waals surface area contributed by atoms with Crippen molar-refractivity contribution in [2.24, 2.45) is 0 Å². The van der Waals surface area contributed by atoms with E-state index in [2.05, 4.69) is 6.58 Å². The summed E-state index contributed by atoms with van der Waals surface area (Å²) < 4.78 is 5.65. The maximum atomic E-state index is 5.65. The second-order valence-electron chi connectivity index (χ2n) is 3.78. The van der Waals surface area contributed by atoms with Gasteiger partial charge in [0.25, 0.3) is 0 Å². The molecule has 3 nitrogen and oxygen atoms in total. The van der Waals surface area contributed by atoms with Crippen molar-refractivity contribution in [3.63, 3.8) is 0 Å². The molecule has 2 rings (SSSR count). The molecule has 0 aliphatic carbocycles. The zero-order chi connectivity index (χ0) is 8.77. The molecule has 0 amide bonds. The summed E-state index contributed by atoms with van der Waals surface area (Å²) in [6.07, 6.45) is 1.96. The van der Waals surface area contributed by atoms with E-state index in [0.29, 0.717) is 0 Å². The largest absolute Gasteiger partial charge is 0.341 e. The smallest absolute Gasteiger partial charge is 0.199 e. The molecular formula is C9H14O3. The van der Waals surface area contributed by atoms with Crippen molar-refractivity contribution in [2.45, 2.75) is 44.7 Å². The third-order valence-electron chi connectivity index (χ3n) is 2.44. The van der Waals surface area contributed by atoms with Crippen molar-refractivity contribution in [3.05, 3.63) is 12.2 Å². The van der Waals surface area contributed by atoms with Gasteiger partial charge >= 0.3 is 0 Å². The van der Waals surface area contributed by atoms with E-state index in [1.165, 1.54) is 0 Å². The van der Waals surface area contributed by atoms with E-state index in [1.807, 2.05) is 13.8 Å². The lowest BCUT2D eigenvalue weighted by molar-refractivity contribution is -0.473. The summed E-state index contributed by atoms with van der Waals surface area (Å²) in [5.74, 6) is -0.503. The zero-order valence-corrected chi connectivity index (χ0v) is 7.50. The highest BCUT2D eigenvalue weighted by Gasteiger charge is 2.47. The number of hydrogen-bond acceptors (Lipinski definition) is 3. The average Bonchev–Trinajstić information content (AvgIpc) is 2.27. The van der Waals surface area contributed by atoms with Crippen molar-refractivity contribution in [1.82, 2.24) is 0 Å². The summed E-state index contributed by atoms with van der Waals surface area (Å²) in [5, 5.41) is 0. The first-order valence-electron chi connectivity index (χ1n) is 4.28. The van der Waals surface area contributed by atoms with Crippen LogP contribution in [0.15, 0.2) is 12.2 Å². The van der Waals surface area contributed by atoms with E-state index in [0.717, 1.165) is 18.4 Å². The van der Waals surface area contributed by atoms with Gasteiger partial charge in [0.15, 0.2) is 5.79 Å². The van der Waals surface area contributed by atoms with Crippen LogP contribution in [0.4, 0.5) is 0 Å². The van der Waals surface area contributed by atoms with Gasteiger partial charge in [-0.15, -0.1) is 0 Å². The number of fused-ring (bicyclic) bond motifs is 2. The Hall–Kier alpha value is -0.380. The third-order valence-corrected chi connectivity index (χ3v) is 2.44. The Labute approximate surface area is 72.2 Å². The fourth-order valence-electron chi connectivity index (χ4n) is 1.73. The van der Waals surface area contributed by atoms with Crippen LogP contribution in [0.2, 0.25) is 0 Å². The zero-order valence-electron chi connectivity index (χ0n) is 7.50. The van der Waals surface area contributed by atoms with Crippen LogP contribution in [-0.2, 0) is 14.5 Å². The van der Waals surface area contributed by atoms with E-state index >= 15 is 0 Å². The van der Waals surface area contributed by atoms with E-state index in [1.54, 1.807) is 0 Å². The van der Waals surface area contributed by atoms with Crippen molar-refractivity contribution in [2.75, 3.05) is 0 Å². The molecule has 2 aliphatic rings. The highest BCUT2D eigenvalue weighted by atomic mass is 17.2. The van der Waals surface area contributed by atoms with E-state index in [-0.39, 0.29) is 12.2 Å². The molecule has 0 aromatic rings. The summed E-state index contributed by atoms with van der Waals surface area (Å²) in [4.78, 5) is 10.4. The molecule has 0 radical (unpaired) electrons. The summed E-state index contributed by atoms with van der Waals surface area (Å²) >= 11 is 0. The van der Waals surface area contributed by atoms with Crippen LogP contribution in [0.3, 0.4) is 0 Å². The molecule has 2 saturated heterocycles. The van der Waals surface area contributed by atoms with Gasteiger partial charge in [0.2, 0.25) is 0 Å². The van der Waals surface area contributed by atoms with Gasteiger partial charge in [-0.2, -0.15) is 0 Å². The molecule has 68 valence electrons. The molecule has 0 unspecified atom stereocenters. The predicted molar refractivity (Wildman–Crippen MR) is 43.3 cm³/mol. The van der Waals surface area contributed by atoms with Gasteiger partial charge in [0.1, 0.15) is 6.10 Å². The highest BCUT2D eigenvalue weighted by molar-refractivity contribution is 5.04. The molecule has 3 heteroatoms. The lowest BCUT2D eigenvalue weighted by Crippen LogP contribution is -2.42. The van der Waals surface area contributed by atoms with Gasteiger partial charge in [-0.3, -0.25) is 0 Å². The number of rotatable bonds is 1. The molecule has 2 fully saturated rings. The Balaban J connectivity index is 2.11. The van der Waals surface area contributed by atoms with Crippen LogP contribution >= 0.6 is 0 Å². The Morgan fingerprint density at radius 1 is 1.58 bits per heavy atom. The minimum atomic E-state index is -0.503. The molecule has 0 spiro atoms. The minimum Gasteiger partial charge on any atom is -0.341 e. The first kappa shape index (κ1) is 8.23. The van der Waals surface area contributed by atoms with Gasteiger partial charge in [0.05, 0.1) is 6.10 Å². The Morgan fingerprint density at radius 2 is 2.33 bits per heavy atom. The van der Waals surface area contributed by atoms with Crippen LogP contribution in [0.5, 0.6) is 0 Å². The molecule has 2 aliphatic heterocycles. The van der Waals surface area contributed by atoms with Crippen LogP contribution in [-0.4, -0.2) is 18.0 Å². The molecule has 0 N–H and O–H groups in total. The van der Waals surface area contributed by atoms with Crippen LogP contribution in [0, 0.1) is 0 Å². The summed E-state index contributed by atoms with van der Waals surface area (Å²) in [7, 11) is 0. The van der Waals surface area contributed by atoms with Crippen LogP contribution < -0.4 is 0 Å². The molecule has 0 aromatic heterocycles. The maximum absolute atomic E-state index is 5.65. The van der Waals surface area contributed by atoms with Crippen LogP contribution in [0.25, 0.3) is 0 Å². The molecule has 3 atom stereocenters. The van der Waals surface area contributed by atoms with Crippen molar-refractivity contribution < 1.29 is 14.5 Å². The summed E-state index contributed by atoms with van der Waals surface area (Å²) in [6.45, 7) is 7.67. The quantitative estimate of drug-likeness (QED) is 0.443. The topological polar surface area (TPSA) is 27.7 Å². The van der Waals surface area contributed by atoms with E-state index < -0.39 is 5.79 Å². The van der Waals surface area contributed by atoms with E-state index in [4.69, 9.17) is 14.5 Å². The lowest BCUT2D eigenvalue weighted by Gasteiger charge is -2.34. The first-order valence-corrected chi connectivity index (χ1v) is 4.28. The number of hydrogen-bond donors (Lipinski definition) is 0. The normalized spacial score (nSPS) is 46.2. The standard InChI is InChI=1S/C9H14O3/c1-6(2)8-7-4-5-9(3,10-7)12-11-8/h7-8H,1,4-5H2,2-3H3/t7-,8+,9-/m0/s1. The van der Waals surface area contributed by atoms with Gasteiger partial charge in [-0.25, -0.2) is 9.78 Å². The second-order valence-corrected chi connectivity index (χ2v) is 3.78. The molecule has 12 heavy (non-hydrogen) atoms. The van der Waals surface area contributed by atoms with Crippen LogP contribution in [0.1, 0.15) is 26.7 Å². The lowest BCUT2D eigenvalue weighted by atomic mass is 10.1. The summed E-state index contributed by atoms with van der Waals surface area (Å²) in [6, 6.07) is 0. The Bertz CT molecular complexity index is 214. The van der Waals surface area contributed by atoms with Gasteiger partial charge < -0.3 is 4.74 Å². The van der Waals surface area contributed by atoms with Crippen molar-refractivity contribution in [3.8, 4) is 0 Å². The molecule has 2 bridgehead atoms. The fourth-order valence-corrected chi connectivity index (χ4v) is 1.73. The van der Waals surface area contributed by atoms with Gasteiger partial charge in [-0.05, 0) is 25.8 Å². The monoisotopic (exact) mass is 170 g/mol. The highest BCUT2D eigenvalue weighted by Crippen LogP contribution is 2.39. The molecule has 2 heterocycles. The minimum absolute atomic E-state index is 0.0828. The van der Waals surface area contributed by atoms with Gasteiger partial charge in [-0.1, -0.05) is 6.58 Å². The molecule has 0 saturated carbocycles. The SMILES string of the molecule is C=C(C)[C@H]1OO[C@@]2(C)CC[C@@H]1O2. The fraction of sp³-hybridized carbons (Fsp3) is 0.778. The third kappa shape index (κ3) is 1.18.